The molecule has 0 unspecified atom stereocenters. The number of methoxy groups -OCH3 is 1. The molecule has 2 aromatic carbocycles. The molecule has 0 spiro atoms. The Labute approximate surface area is 223 Å². The van der Waals surface area contributed by atoms with Crippen molar-refractivity contribution in [2.24, 2.45) is 5.73 Å². The molecular weight excluding hydrogens is 514 g/mol. The number of phenols is 2. The first-order chi connectivity index (χ1) is 18.4. The summed E-state index contributed by atoms with van der Waals surface area (Å²) in [5.41, 5.74) is 2.77. The zero-order chi connectivity index (χ0) is 28.4. The molecule has 5 rings (SSSR count). The van der Waals surface area contributed by atoms with Crippen LogP contribution in [0.15, 0.2) is 18.2 Å². The minimum absolute atomic E-state index is 0.0343. The van der Waals surface area contributed by atoms with Gasteiger partial charge in [0.15, 0.2) is 12.1 Å². The van der Waals surface area contributed by atoms with Gasteiger partial charge in [-0.25, -0.2) is 0 Å². The number of ether oxygens (including phenoxy) is 3. The van der Waals surface area contributed by atoms with E-state index in [1.165, 1.54) is 25.3 Å². The lowest BCUT2D eigenvalue weighted by atomic mass is 9.71. The molecule has 1 heterocycles. The highest BCUT2D eigenvalue weighted by Gasteiger charge is 2.50. The number of nitrogens with two attached hydrogens (primary N) is 1. The van der Waals surface area contributed by atoms with Crippen molar-refractivity contribution in [3.63, 3.8) is 0 Å². The largest absolute Gasteiger partial charge is 0.507 e. The number of fused-ring (bicyclic) bond motifs is 3. The van der Waals surface area contributed by atoms with E-state index in [-0.39, 0.29) is 40.8 Å². The molecule has 0 amide bonds. The molecule has 2 aromatic rings. The van der Waals surface area contributed by atoms with Crippen molar-refractivity contribution in [1.29, 1.82) is 0 Å². The average molecular weight is 546 g/mol. The van der Waals surface area contributed by atoms with E-state index >= 15 is 0 Å². The van der Waals surface area contributed by atoms with Gasteiger partial charge in [-0.2, -0.15) is 0 Å². The number of benzene rings is 2. The van der Waals surface area contributed by atoms with Crippen LogP contribution in [0.3, 0.4) is 0 Å². The number of hydrogen-bond acceptors (Lipinski definition) is 12. The first kappa shape index (κ1) is 27.5. The third kappa shape index (κ3) is 4.19. The van der Waals surface area contributed by atoms with Gasteiger partial charge in [-0.05, 0) is 13.0 Å². The van der Waals surface area contributed by atoms with Gasteiger partial charge in [0.1, 0.15) is 23.4 Å². The third-order valence-electron chi connectivity index (χ3n) is 7.97. The highest BCUT2D eigenvalue weighted by atomic mass is 16.7. The lowest BCUT2D eigenvalue weighted by Crippen LogP contribution is -2.53. The quantitative estimate of drug-likeness (QED) is 0.208. The van der Waals surface area contributed by atoms with Gasteiger partial charge < -0.3 is 50.6 Å². The molecule has 0 bridgehead atoms. The second kappa shape index (κ2) is 9.82. The average Bonchev–Trinajstić information content (AvgIpc) is 2.90. The van der Waals surface area contributed by atoms with Crippen molar-refractivity contribution in [1.82, 2.24) is 0 Å². The SMILES string of the molecule is COc1cccc2c1C(=O)c1c(O)c3c(c(O)c1C2=O)C[C@@](O)([C@@H](O)CO)C[C@@H]3O[C@H]1C[C@H](N)[C@H](O)[C@H](C)O1. The van der Waals surface area contributed by atoms with E-state index in [4.69, 9.17) is 19.9 Å². The highest BCUT2D eigenvalue weighted by molar-refractivity contribution is 6.31. The fourth-order valence-electron chi connectivity index (χ4n) is 5.84. The Bertz CT molecular complexity index is 1330. The van der Waals surface area contributed by atoms with Gasteiger partial charge in [-0.3, -0.25) is 9.59 Å². The first-order valence-corrected chi connectivity index (χ1v) is 12.6. The number of ketones is 2. The summed E-state index contributed by atoms with van der Waals surface area (Å²) in [5, 5.41) is 64.4. The fourth-order valence-corrected chi connectivity index (χ4v) is 5.84. The summed E-state index contributed by atoms with van der Waals surface area (Å²) < 4.78 is 17.1. The number of aliphatic hydroxyl groups excluding tert-OH is 3. The number of aliphatic hydroxyl groups is 4. The Hall–Kier alpha value is -3.10. The van der Waals surface area contributed by atoms with Crippen LogP contribution in [0, 0.1) is 0 Å². The van der Waals surface area contributed by atoms with Gasteiger partial charge in [0.05, 0.1) is 54.3 Å². The van der Waals surface area contributed by atoms with E-state index in [9.17, 15) is 40.2 Å². The molecule has 1 fully saturated rings. The van der Waals surface area contributed by atoms with Crippen LogP contribution < -0.4 is 10.5 Å². The molecule has 7 atom stereocenters. The van der Waals surface area contributed by atoms with E-state index < -0.39 is 89.6 Å². The van der Waals surface area contributed by atoms with Gasteiger partial charge in [-0.1, -0.05) is 12.1 Å². The molecule has 8 N–H and O–H groups in total. The zero-order valence-electron chi connectivity index (χ0n) is 21.3. The van der Waals surface area contributed by atoms with Crippen molar-refractivity contribution in [3.05, 3.63) is 51.6 Å². The molecule has 2 aliphatic carbocycles. The maximum atomic E-state index is 13.7. The van der Waals surface area contributed by atoms with Crippen LogP contribution in [0.25, 0.3) is 0 Å². The standard InChI is InChI=1S/C27H31NO11/c1-10-22(31)13(28)6-17(38-10)39-15-8-27(36,16(30)9-29)7-12-19(15)26(35)21-20(24(12)33)23(32)11-4-3-5-14(37-2)18(11)25(21)34/h3-5,10,13,15-17,22,29-31,33,35-36H,6-9,28H2,1-2H3/t10-,13-,15-,16-,17-,22+,27-/m0/s1. The fraction of sp³-hybridized carbons (Fsp3) is 0.481. The van der Waals surface area contributed by atoms with E-state index in [1.54, 1.807) is 6.92 Å². The molecule has 39 heavy (non-hydrogen) atoms. The highest BCUT2D eigenvalue weighted by Crippen LogP contribution is 2.52. The van der Waals surface area contributed by atoms with E-state index in [1.807, 2.05) is 0 Å². The van der Waals surface area contributed by atoms with Gasteiger partial charge in [0, 0.05) is 42.0 Å². The molecule has 0 aromatic heterocycles. The van der Waals surface area contributed by atoms with Crippen molar-refractivity contribution < 1.29 is 54.4 Å². The molecule has 1 aliphatic heterocycles. The van der Waals surface area contributed by atoms with Crippen LogP contribution in [0.5, 0.6) is 17.2 Å². The third-order valence-corrected chi connectivity index (χ3v) is 7.97. The zero-order valence-corrected chi connectivity index (χ0v) is 21.3. The summed E-state index contributed by atoms with van der Waals surface area (Å²) in [5.74, 6) is -2.68. The Morgan fingerprint density at radius 3 is 2.49 bits per heavy atom. The van der Waals surface area contributed by atoms with Crippen molar-refractivity contribution in [3.8, 4) is 17.2 Å². The topological polar surface area (TPSA) is 209 Å². The summed E-state index contributed by atoms with van der Waals surface area (Å²) in [6.07, 6.45) is -6.45. The summed E-state index contributed by atoms with van der Waals surface area (Å²) in [6.45, 7) is 0.768. The lowest BCUT2D eigenvalue weighted by molar-refractivity contribution is -0.251. The number of carbonyl (C=O) groups is 2. The molecule has 1 saturated heterocycles. The first-order valence-electron chi connectivity index (χ1n) is 12.6. The maximum absolute atomic E-state index is 13.7. The monoisotopic (exact) mass is 545 g/mol. The molecule has 3 aliphatic rings. The van der Waals surface area contributed by atoms with Gasteiger partial charge in [0.25, 0.3) is 0 Å². The smallest absolute Gasteiger partial charge is 0.202 e. The number of aromatic hydroxyl groups is 2. The number of phenolic OH excluding ortho intramolecular Hbond substituents is 2. The number of rotatable bonds is 5. The maximum Gasteiger partial charge on any atom is 0.202 e. The predicted octanol–water partition coefficient (Wildman–Crippen LogP) is -0.207. The molecule has 210 valence electrons. The van der Waals surface area contributed by atoms with Crippen LogP contribution in [0.2, 0.25) is 0 Å². The van der Waals surface area contributed by atoms with Crippen molar-refractivity contribution >= 4 is 11.6 Å². The minimum Gasteiger partial charge on any atom is -0.507 e. The van der Waals surface area contributed by atoms with Crippen LogP contribution in [-0.4, -0.2) is 92.2 Å². The van der Waals surface area contributed by atoms with Gasteiger partial charge in [-0.15, -0.1) is 0 Å². The summed E-state index contributed by atoms with van der Waals surface area (Å²) >= 11 is 0. The van der Waals surface area contributed by atoms with E-state index in [2.05, 4.69) is 0 Å². The lowest BCUT2D eigenvalue weighted by Gasteiger charge is -2.44. The second-order valence-electron chi connectivity index (χ2n) is 10.3. The molecule has 0 saturated carbocycles. The van der Waals surface area contributed by atoms with Gasteiger partial charge >= 0.3 is 0 Å². The summed E-state index contributed by atoms with van der Waals surface area (Å²) in [6, 6.07) is 3.69. The summed E-state index contributed by atoms with van der Waals surface area (Å²) in [7, 11) is 1.33. The van der Waals surface area contributed by atoms with Crippen molar-refractivity contribution in [2.75, 3.05) is 13.7 Å². The molecule has 12 nitrogen and oxygen atoms in total. The Kier molecular flexibility index (Phi) is 6.92. The second-order valence-corrected chi connectivity index (χ2v) is 10.3. The molecule has 12 heteroatoms. The van der Waals surface area contributed by atoms with Crippen LogP contribution in [0.4, 0.5) is 0 Å². The predicted molar refractivity (Wildman–Crippen MR) is 133 cm³/mol. The van der Waals surface area contributed by atoms with Crippen LogP contribution in [-0.2, 0) is 15.9 Å². The molecular formula is C27H31NO11. The minimum atomic E-state index is -2.05. The van der Waals surface area contributed by atoms with Crippen LogP contribution in [0.1, 0.15) is 68.8 Å². The van der Waals surface area contributed by atoms with Crippen LogP contribution >= 0.6 is 0 Å². The number of hydrogen-bond donors (Lipinski definition) is 7. The summed E-state index contributed by atoms with van der Waals surface area (Å²) in [4.78, 5) is 27.2. The normalized spacial score (nSPS) is 30.8. The Balaban J connectivity index is 1.68. The Morgan fingerprint density at radius 1 is 1.15 bits per heavy atom. The molecule has 0 radical (unpaired) electrons. The van der Waals surface area contributed by atoms with Crippen molar-refractivity contribution in [2.45, 2.75) is 68.5 Å². The van der Waals surface area contributed by atoms with Gasteiger partial charge in [0.2, 0.25) is 5.78 Å². The number of carbonyl (C=O) groups excluding carboxylic acids is 2. The van der Waals surface area contributed by atoms with E-state index in [0.29, 0.717) is 0 Å². The Morgan fingerprint density at radius 2 is 1.85 bits per heavy atom. The van der Waals surface area contributed by atoms with E-state index in [0.717, 1.165) is 0 Å².